The fraction of sp³-hybridized carbons (Fsp3) is 0.900. The zero-order valence-electron chi connectivity index (χ0n) is 29.4. The van der Waals surface area contributed by atoms with Crippen molar-refractivity contribution in [2.24, 2.45) is 0 Å². The fourth-order valence-electron chi connectivity index (χ4n) is 6.65. The number of aliphatic hydroxyl groups excluding tert-OH is 11. The van der Waals surface area contributed by atoms with Gasteiger partial charge in [-0.25, -0.2) is 0 Å². The Bertz CT molecular complexity index is 1250. The normalized spacial score (nSPS) is 45.7. The second kappa shape index (κ2) is 19.2. The highest BCUT2D eigenvalue weighted by atomic mass is 16.8. The molecule has 4 saturated heterocycles. The lowest BCUT2D eigenvalue weighted by molar-refractivity contribution is -0.370. The minimum Gasteiger partial charge on any atom is -0.394 e. The third kappa shape index (κ3) is 9.97. The van der Waals surface area contributed by atoms with E-state index >= 15 is 0 Å². The molecule has 24 nitrogen and oxygen atoms in total. The van der Waals surface area contributed by atoms with E-state index in [9.17, 15) is 70.6 Å². The molecule has 4 heterocycles. The number of rotatable bonds is 13. The van der Waals surface area contributed by atoms with Crippen molar-refractivity contribution >= 4 is 17.7 Å². The van der Waals surface area contributed by atoms with Crippen LogP contribution in [0, 0.1) is 0 Å². The average molecular weight is 790 g/mol. The lowest BCUT2D eigenvalue weighted by Gasteiger charge is -2.49. The summed E-state index contributed by atoms with van der Waals surface area (Å²) in [7, 11) is 0. The zero-order valence-corrected chi connectivity index (χ0v) is 29.4. The minimum atomic E-state index is -2.02. The highest BCUT2D eigenvalue weighted by Gasteiger charge is 2.55. The first-order valence-electron chi connectivity index (χ1n) is 17.1. The number of amides is 3. The van der Waals surface area contributed by atoms with Crippen LogP contribution in [0.3, 0.4) is 0 Å². The van der Waals surface area contributed by atoms with Gasteiger partial charge in [0.2, 0.25) is 17.7 Å². The van der Waals surface area contributed by atoms with Gasteiger partial charge in [0.15, 0.2) is 25.2 Å². The van der Waals surface area contributed by atoms with Gasteiger partial charge in [0, 0.05) is 20.8 Å². The number of aliphatic hydroxyl groups is 11. The van der Waals surface area contributed by atoms with Gasteiger partial charge in [0.1, 0.15) is 97.5 Å². The second-order valence-corrected chi connectivity index (χ2v) is 13.4. The molecule has 4 rings (SSSR count). The Balaban J connectivity index is 1.52. The van der Waals surface area contributed by atoms with Crippen molar-refractivity contribution in [2.45, 2.75) is 143 Å². The van der Waals surface area contributed by atoms with Crippen molar-refractivity contribution in [3.63, 3.8) is 0 Å². The molecule has 312 valence electrons. The summed E-state index contributed by atoms with van der Waals surface area (Å²) in [6, 6.07) is -4.39. The van der Waals surface area contributed by atoms with E-state index < -0.39 is 167 Å². The van der Waals surface area contributed by atoms with Crippen molar-refractivity contribution < 1.29 is 104 Å². The van der Waals surface area contributed by atoms with Gasteiger partial charge in [-0.15, -0.1) is 0 Å². The van der Waals surface area contributed by atoms with Gasteiger partial charge in [-0.2, -0.15) is 0 Å². The number of carbonyl (C=O) groups is 3. The van der Waals surface area contributed by atoms with Crippen LogP contribution in [0.25, 0.3) is 0 Å². The standard InChI is InChI=1S/C30H51N3O21/c1-8(37)31-15-21(43)19(41)14(49-27(15)47)7-48-28-17(33-10(3)39)23(45)25(13(6-36)52-28)53-30-24(46)26(20(42)12(5-35)51-30)54-29-16(32-9(2)38)22(44)18(40)11(4-34)50-29/h11-30,34-36,40-47H,4-7H2,1-3H3,(H,31,37)(H,32,38)(H,33,39)/t11-,12-,13-,14-,15-,16-,17-,18-,19+,20+,21-,22-,23-,24-,25-,26+,27+,28-,29+,30+/m1/s1. The molecule has 0 aromatic rings. The average Bonchev–Trinajstić information content (AvgIpc) is 3.11. The van der Waals surface area contributed by atoms with E-state index in [0.29, 0.717) is 0 Å². The van der Waals surface area contributed by atoms with Gasteiger partial charge in [0.05, 0.1) is 26.4 Å². The smallest absolute Gasteiger partial charge is 0.217 e. The van der Waals surface area contributed by atoms with E-state index in [1.54, 1.807) is 0 Å². The van der Waals surface area contributed by atoms with Crippen molar-refractivity contribution in [1.82, 2.24) is 16.0 Å². The molecule has 0 saturated carbocycles. The first-order chi connectivity index (χ1) is 25.4. The Morgan fingerprint density at radius 3 is 1.48 bits per heavy atom. The summed E-state index contributed by atoms with van der Waals surface area (Å²) in [5.74, 6) is -2.03. The monoisotopic (exact) mass is 789 g/mol. The van der Waals surface area contributed by atoms with Crippen molar-refractivity contribution in [3.05, 3.63) is 0 Å². The summed E-state index contributed by atoms with van der Waals surface area (Å²) in [6.07, 6.45) is -29.0. The third-order valence-corrected chi connectivity index (χ3v) is 9.39. The predicted octanol–water partition coefficient (Wildman–Crippen LogP) is -9.32. The molecule has 0 aliphatic carbocycles. The molecular weight excluding hydrogens is 738 g/mol. The van der Waals surface area contributed by atoms with Gasteiger partial charge in [0.25, 0.3) is 0 Å². The molecule has 14 N–H and O–H groups in total. The first-order valence-corrected chi connectivity index (χ1v) is 17.1. The number of nitrogens with one attached hydrogen (secondary N) is 3. The van der Waals surface area contributed by atoms with Crippen molar-refractivity contribution in [2.75, 3.05) is 26.4 Å². The van der Waals surface area contributed by atoms with E-state index in [4.69, 9.17) is 33.2 Å². The molecule has 24 heteroatoms. The summed E-state index contributed by atoms with van der Waals surface area (Å²) in [5.41, 5.74) is 0. The Morgan fingerprint density at radius 1 is 0.481 bits per heavy atom. The van der Waals surface area contributed by atoms with Crippen LogP contribution in [-0.4, -0.2) is 223 Å². The molecule has 4 aliphatic heterocycles. The zero-order chi connectivity index (χ0) is 40.2. The quantitative estimate of drug-likeness (QED) is 0.0823. The van der Waals surface area contributed by atoms with Gasteiger partial charge in [-0.1, -0.05) is 0 Å². The lowest BCUT2D eigenvalue weighted by atomic mass is 9.94. The van der Waals surface area contributed by atoms with Crippen LogP contribution in [0.2, 0.25) is 0 Å². The topological polar surface area (TPSA) is 374 Å². The molecule has 4 fully saturated rings. The third-order valence-electron chi connectivity index (χ3n) is 9.39. The molecule has 54 heavy (non-hydrogen) atoms. The van der Waals surface area contributed by atoms with Crippen LogP contribution in [0.4, 0.5) is 0 Å². The lowest BCUT2D eigenvalue weighted by Crippen LogP contribution is -2.69. The van der Waals surface area contributed by atoms with E-state index in [-0.39, 0.29) is 0 Å². The maximum atomic E-state index is 12.2. The van der Waals surface area contributed by atoms with Crippen molar-refractivity contribution in [3.8, 4) is 0 Å². The van der Waals surface area contributed by atoms with Gasteiger partial charge in [-0.05, 0) is 0 Å². The number of ether oxygens (including phenoxy) is 7. The van der Waals surface area contributed by atoms with E-state index in [1.165, 1.54) is 0 Å². The van der Waals surface area contributed by atoms with Gasteiger partial charge < -0.3 is 105 Å². The molecule has 0 radical (unpaired) electrons. The molecule has 20 atom stereocenters. The summed E-state index contributed by atoms with van der Waals surface area (Å²) >= 11 is 0. The molecule has 0 aromatic heterocycles. The minimum absolute atomic E-state index is 0.624. The first kappa shape index (κ1) is 44.4. The maximum absolute atomic E-state index is 12.2. The van der Waals surface area contributed by atoms with Crippen LogP contribution in [0.5, 0.6) is 0 Å². The molecule has 0 bridgehead atoms. The number of hydrogen-bond donors (Lipinski definition) is 14. The summed E-state index contributed by atoms with van der Waals surface area (Å²) in [6.45, 7) is 0.0638. The highest BCUT2D eigenvalue weighted by molar-refractivity contribution is 5.74. The SMILES string of the molecule is CC(=O)N[C@@H]1[C@@H](O)[C@@H](O)[C@@H](CO[C@@H]2O[C@H](CO)[C@@H](O[C@@H]3O[C@H](CO)[C@H](O)[C@H](O[C@@H]4O[C@H](CO)[C@@H](O)[C@H](O)[C@H]4NC(C)=O)[C@H]3O)[C@H](O)[C@H]2NC(C)=O)O[C@@H]1O. The van der Waals surface area contributed by atoms with Crippen LogP contribution in [-0.2, 0) is 47.5 Å². The Labute approximate surface area is 307 Å². The highest BCUT2D eigenvalue weighted by Crippen LogP contribution is 2.33. The van der Waals surface area contributed by atoms with Crippen LogP contribution < -0.4 is 16.0 Å². The fourth-order valence-corrected chi connectivity index (χ4v) is 6.65. The molecular formula is C30H51N3O21. The predicted molar refractivity (Wildman–Crippen MR) is 169 cm³/mol. The van der Waals surface area contributed by atoms with Gasteiger partial charge >= 0.3 is 0 Å². The largest absolute Gasteiger partial charge is 0.394 e. The molecule has 0 unspecified atom stereocenters. The van der Waals surface area contributed by atoms with Crippen LogP contribution in [0.15, 0.2) is 0 Å². The summed E-state index contributed by atoms with van der Waals surface area (Å²) < 4.78 is 39.5. The van der Waals surface area contributed by atoms with Crippen LogP contribution >= 0.6 is 0 Å². The molecule has 3 amide bonds. The summed E-state index contributed by atoms with van der Waals surface area (Å²) in [5, 5.41) is 123. The molecule has 0 spiro atoms. The van der Waals surface area contributed by atoms with E-state index in [2.05, 4.69) is 16.0 Å². The van der Waals surface area contributed by atoms with Crippen molar-refractivity contribution in [1.29, 1.82) is 0 Å². The molecule has 4 aliphatic rings. The number of carbonyl (C=O) groups excluding carboxylic acids is 3. The van der Waals surface area contributed by atoms with Crippen LogP contribution in [0.1, 0.15) is 20.8 Å². The Morgan fingerprint density at radius 2 is 0.926 bits per heavy atom. The maximum Gasteiger partial charge on any atom is 0.217 e. The Kier molecular flexibility index (Phi) is 15.8. The number of hydrogen-bond acceptors (Lipinski definition) is 21. The summed E-state index contributed by atoms with van der Waals surface area (Å²) in [4.78, 5) is 35.5. The van der Waals surface area contributed by atoms with Gasteiger partial charge in [-0.3, -0.25) is 14.4 Å². The molecule has 0 aromatic carbocycles. The Hall–Kier alpha value is -2.31. The second-order valence-electron chi connectivity index (χ2n) is 13.4. The van der Waals surface area contributed by atoms with E-state index in [0.717, 1.165) is 20.8 Å². The van der Waals surface area contributed by atoms with E-state index in [1.807, 2.05) is 0 Å².